The van der Waals surface area contributed by atoms with Crippen LogP contribution in [0.5, 0.6) is 0 Å². The fraction of sp³-hybridized carbons (Fsp3) is 0.250. The number of thiophene rings is 1. The summed E-state index contributed by atoms with van der Waals surface area (Å²) in [6, 6.07) is 9.96. The molecule has 0 radical (unpaired) electrons. The van der Waals surface area contributed by atoms with Crippen LogP contribution in [0.25, 0.3) is 0 Å². The molecule has 1 aromatic heterocycles. The van der Waals surface area contributed by atoms with Gasteiger partial charge in [-0.3, -0.25) is 9.59 Å². The van der Waals surface area contributed by atoms with Gasteiger partial charge in [-0.05, 0) is 31.9 Å². The maximum atomic E-state index is 11.8. The first-order valence-electron chi connectivity index (χ1n) is 6.43. The van der Waals surface area contributed by atoms with Crippen LogP contribution in [0, 0.1) is 6.92 Å². The standard InChI is InChI=1S/C16H17NO2S/c1-10-14(11(2)18)16(20-15(10)12(3)19)17-9-13-7-5-4-6-8-13/h4-8,17H,9H2,1-3H3. The molecule has 3 nitrogen and oxygen atoms in total. The summed E-state index contributed by atoms with van der Waals surface area (Å²) in [5, 5.41) is 4.05. The van der Waals surface area contributed by atoms with E-state index in [9.17, 15) is 9.59 Å². The first kappa shape index (κ1) is 14.5. The predicted octanol–water partition coefficient (Wildman–Crippen LogP) is 4.07. The summed E-state index contributed by atoms with van der Waals surface area (Å²) in [6.45, 7) is 5.53. The van der Waals surface area contributed by atoms with E-state index in [-0.39, 0.29) is 11.6 Å². The summed E-state index contributed by atoms with van der Waals surface area (Å²) < 4.78 is 0. The zero-order valence-corrected chi connectivity index (χ0v) is 12.6. The quantitative estimate of drug-likeness (QED) is 0.843. The highest BCUT2D eigenvalue weighted by atomic mass is 32.1. The molecule has 0 fully saturated rings. The number of Topliss-reactive ketones (excluding diaryl/α,β-unsaturated/α-hetero) is 2. The van der Waals surface area contributed by atoms with E-state index in [1.165, 1.54) is 25.2 Å². The maximum Gasteiger partial charge on any atom is 0.170 e. The Morgan fingerprint density at radius 1 is 1.10 bits per heavy atom. The molecule has 0 atom stereocenters. The van der Waals surface area contributed by atoms with Crippen molar-refractivity contribution in [1.29, 1.82) is 0 Å². The second kappa shape index (κ2) is 6.01. The molecule has 0 saturated carbocycles. The zero-order valence-electron chi connectivity index (χ0n) is 11.8. The minimum atomic E-state index is -0.0122. The van der Waals surface area contributed by atoms with Crippen molar-refractivity contribution in [2.45, 2.75) is 27.3 Å². The number of hydrogen-bond acceptors (Lipinski definition) is 4. The van der Waals surface area contributed by atoms with Crippen molar-refractivity contribution in [1.82, 2.24) is 0 Å². The monoisotopic (exact) mass is 287 g/mol. The summed E-state index contributed by atoms with van der Waals surface area (Å²) in [6.07, 6.45) is 0. The van der Waals surface area contributed by atoms with Crippen molar-refractivity contribution < 1.29 is 9.59 Å². The third-order valence-electron chi connectivity index (χ3n) is 3.11. The zero-order chi connectivity index (χ0) is 14.7. The van der Waals surface area contributed by atoms with Crippen LogP contribution in [-0.2, 0) is 6.54 Å². The molecule has 4 heteroatoms. The van der Waals surface area contributed by atoms with Gasteiger partial charge in [-0.15, -0.1) is 11.3 Å². The van der Waals surface area contributed by atoms with Crippen molar-refractivity contribution in [3.05, 3.63) is 51.9 Å². The molecule has 20 heavy (non-hydrogen) atoms. The molecule has 0 unspecified atom stereocenters. The number of carbonyl (C=O) groups excluding carboxylic acids is 2. The Hall–Kier alpha value is -1.94. The van der Waals surface area contributed by atoms with Gasteiger partial charge in [-0.25, -0.2) is 0 Å². The van der Waals surface area contributed by atoms with E-state index < -0.39 is 0 Å². The normalized spacial score (nSPS) is 10.3. The number of benzene rings is 1. The van der Waals surface area contributed by atoms with Crippen molar-refractivity contribution >= 4 is 27.9 Å². The molecule has 104 valence electrons. The summed E-state index contributed by atoms with van der Waals surface area (Å²) >= 11 is 1.36. The lowest BCUT2D eigenvalue weighted by Crippen LogP contribution is -2.03. The molecular formula is C16H17NO2S. The van der Waals surface area contributed by atoms with Gasteiger partial charge in [-0.2, -0.15) is 0 Å². The second-order valence-electron chi connectivity index (χ2n) is 4.71. The second-order valence-corrected chi connectivity index (χ2v) is 5.73. The lowest BCUT2D eigenvalue weighted by atomic mass is 10.1. The van der Waals surface area contributed by atoms with Crippen LogP contribution < -0.4 is 5.32 Å². The molecule has 2 rings (SSSR count). The van der Waals surface area contributed by atoms with E-state index >= 15 is 0 Å². The van der Waals surface area contributed by atoms with Gasteiger partial charge >= 0.3 is 0 Å². The molecule has 0 aliphatic rings. The van der Waals surface area contributed by atoms with Gasteiger partial charge in [0.1, 0.15) is 5.00 Å². The number of nitrogens with one attached hydrogen (secondary N) is 1. The molecule has 0 bridgehead atoms. The van der Waals surface area contributed by atoms with Gasteiger partial charge in [0.2, 0.25) is 0 Å². The Morgan fingerprint density at radius 2 is 1.75 bits per heavy atom. The number of ketones is 2. The highest BCUT2D eigenvalue weighted by Gasteiger charge is 2.20. The summed E-state index contributed by atoms with van der Waals surface area (Å²) in [5.74, 6) is -0.00965. The van der Waals surface area contributed by atoms with Crippen LogP contribution in [0.4, 0.5) is 5.00 Å². The van der Waals surface area contributed by atoms with Crippen LogP contribution in [0.1, 0.15) is 45.0 Å². The minimum absolute atomic E-state index is 0.00256. The van der Waals surface area contributed by atoms with E-state index in [0.717, 1.165) is 16.1 Å². The number of carbonyl (C=O) groups is 2. The van der Waals surface area contributed by atoms with Gasteiger partial charge in [-0.1, -0.05) is 30.3 Å². The van der Waals surface area contributed by atoms with E-state index in [0.29, 0.717) is 17.0 Å². The average molecular weight is 287 g/mol. The first-order valence-corrected chi connectivity index (χ1v) is 7.25. The Bertz CT molecular complexity index is 644. The van der Waals surface area contributed by atoms with Crippen molar-refractivity contribution in [2.75, 3.05) is 5.32 Å². The lowest BCUT2D eigenvalue weighted by molar-refractivity contribution is 0.101. The predicted molar refractivity (Wildman–Crippen MR) is 82.8 cm³/mol. The van der Waals surface area contributed by atoms with Crippen molar-refractivity contribution in [2.24, 2.45) is 0 Å². The molecule has 0 aliphatic carbocycles. The van der Waals surface area contributed by atoms with Gasteiger partial charge in [0.25, 0.3) is 0 Å². The molecule has 0 spiro atoms. The Morgan fingerprint density at radius 3 is 2.30 bits per heavy atom. The molecular weight excluding hydrogens is 270 g/mol. The van der Waals surface area contributed by atoms with E-state index in [2.05, 4.69) is 5.32 Å². The van der Waals surface area contributed by atoms with E-state index in [4.69, 9.17) is 0 Å². The molecule has 0 saturated heterocycles. The number of hydrogen-bond donors (Lipinski definition) is 1. The summed E-state index contributed by atoms with van der Waals surface area (Å²) in [5.41, 5.74) is 2.55. The summed E-state index contributed by atoms with van der Waals surface area (Å²) in [7, 11) is 0. The van der Waals surface area contributed by atoms with Crippen LogP contribution in [-0.4, -0.2) is 11.6 Å². The first-order chi connectivity index (χ1) is 9.50. The third-order valence-corrected chi connectivity index (χ3v) is 4.46. The topological polar surface area (TPSA) is 46.2 Å². The van der Waals surface area contributed by atoms with Gasteiger partial charge < -0.3 is 5.32 Å². The van der Waals surface area contributed by atoms with Crippen LogP contribution >= 0.6 is 11.3 Å². The maximum absolute atomic E-state index is 11.8. The van der Waals surface area contributed by atoms with Crippen LogP contribution in [0.3, 0.4) is 0 Å². The highest BCUT2D eigenvalue weighted by Crippen LogP contribution is 2.34. The van der Waals surface area contributed by atoms with Gasteiger partial charge in [0, 0.05) is 6.54 Å². The number of anilines is 1. The van der Waals surface area contributed by atoms with E-state index in [1.54, 1.807) is 0 Å². The highest BCUT2D eigenvalue weighted by molar-refractivity contribution is 7.18. The molecule has 1 aromatic carbocycles. The summed E-state index contributed by atoms with van der Waals surface area (Å²) in [4.78, 5) is 24.0. The largest absolute Gasteiger partial charge is 0.372 e. The van der Waals surface area contributed by atoms with Gasteiger partial charge in [0.15, 0.2) is 11.6 Å². The minimum Gasteiger partial charge on any atom is -0.372 e. The number of rotatable bonds is 5. The van der Waals surface area contributed by atoms with Gasteiger partial charge in [0.05, 0.1) is 10.4 Å². The van der Waals surface area contributed by atoms with Crippen molar-refractivity contribution in [3.63, 3.8) is 0 Å². The molecule has 2 aromatic rings. The fourth-order valence-electron chi connectivity index (χ4n) is 2.18. The Labute approximate surface area is 122 Å². The molecule has 0 aliphatic heterocycles. The van der Waals surface area contributed by atoms with Crippen molar-refractivity contribution in [3.8, 4) is 0 Å². The average Bonchev–Trinajstić information content (AvgIpc) is 2.75. The SMILES string of the molecule is CC(=O)c1sc(NCc2ccccc2)c(C(C)=O)c1C. The smallest absolute Gasteiger partial charge is 0.170 e. The molecule has 1 N–H and O–H groups in total. The Kier molecular flexibility index (Phi) is 4.35. The third kappa shape index (κ3) is 2.96. The van der Waals surface area contributed by atoms with Crippen LogP contribution in [0.15, 0.2) is 30.3 Å². The molecule has 1 heterocycles. The fourth-order valence-corrected chi connectivity index (χ4v) is 3.32. The Balaban J connectivity index is 2.29. The van der Waals surface area contributed by atoms with E-state index in [1.807, 2.05) is 37.3 Å². The lowest BCUT2D eigenvalue weighted by Gasteiger charge is -2.06. The molecule has 0 amide bonds. The van der Waals surface area contributed by atoms with Crippen LogP contribution in [0.2, 0.25) is 0 Å².